The second kappa shape index (κ2) is 6.56. The van der Waals surface area contributed by atoms with Gasteiger partial charge in [0.1, 0.15) is 12.2 Å². The highest BCUT2D eigenvalue weighted by Gasteiger charge is 2.12. The van der Waals surface area contributed by atoms with Gasteiger partial charge in [-0.25, -0.2) is 4.98 Å². The molecular formula is C14H15N3O4. The first kappa shape index (κ1) is 14.6. The fourth-order valence-electron chi connectivity index (χ4n) is 1.81. The number of hydrogen-bond donors (Lipinski definition) is 2. The van der Waals surface area contributed by atoms with E-state index < -0.39 is 5.97 Å². The van der Waals surface area contributed by atoms with E-state index in [-0.39, 0.29) is 12.5 Å². The van der Waals surface area contributed by atoms with Gasteiger partial charge in [-0.3, -0.25) is 9.59 Å². The number of methoxy groups -OCH3 is 1. The molecule has 2 heterocycles. The highest BCUT2D eigenvalue weighted by atomic mass is 16.5. The highest BCUT2D eigenvalue weighted by molar-refractivity contribution is 5.93. The van der Waals surface area contributed by atoms with Gasteiger partial charge >= 0.3 is 5.97 Å². The molecule has 0 aromatic carbocycles. The minimum atomic E-state index is -1.00. The number of carboxylic acid groups (broad SMARTS) is 1. The Balaban J connectivity index is 1.98. The van der Waals surface area contributed by atoms with Crippen molar-refractivity contribution >= 4 is 11.9 Å². The predicted octanol–water partition coefficient (Wildman–Crippen LogP) is 0.906. The van der Waals surface area contributed by atoms with Crippen molar-refractivity contribution in [1.82, 2.24) is 14.9 Å². The Morgan fingerprint density at radius 3 is 2.81 bits per heavy atom. The van der Waals surface area contributed by atoms with E-state index in [1.807, 2.05) is 0 Å². The van der Waals surface area contributed by atoms with Gasteiger partial charge in [0.05, 0.1) is 7.11 Å². The molecular weight excluding hydrogens is 274 g/mol. The third-order valence-electron chi connectivity index (χ3n) is 2.83. The molecule has 0 aliphatic rings. The molecule has 0 saturated heterocycles. The predicted molar refractivity (Wildman–Crippen MR) is 74.0 cm³/mol. The molecule has 0 unspecified atom stereocenters. The average Bonchev–Trinajstić information content (AvgIpc) is 2.92. The summed E-state index contributed by atoms with van der Waals surface area (Å²) in [5.41, 5.74) is 1.12. The Morgan fingerprint density at radius 2 is 2.19 bits per heavy atom. The van der Waals surface area contributed by atoms with Gasteiger partial charge in [-0.1, -0.05) is 6.07 Å². The van der Waals surface area contributed by atoms with Crippen molar-refractivity contribution < 1.29 is 19.4 Å². The minimum absolute atomic E-state index is 0.250. The number of amides is 1. The molecule has 2 N–H and O–H groups in total. The number of carbonyl (C=O) groups excluding carboxylic acids is 1. The lowest BCUT2D eigenvalue weighted by Gasteiger charge is -2.08. The Kier molecular flexibility index (Phi) is 4.55. The molecule has 2 rings (SSSR count). The number of aliphatic carboxylic acids is 1. The van der Waals surface area contributed by atoms with Gasteiger partial charge in [0.15, 0.2) is 0 Å². The van der Waals surface area contributed by atoms with Crippen LogP contribution in [-0.2, 0) is 17.9 Å². The van der Waals surface area contributed by atoms with Crippen LogP contribution in [0, 0.1) is 0 Å². The lowest BCUT2D eigenvalue weighted by atomic mass is 10.3. The third-order valence-corrected chi connectivity index (χ3v) is 2.83. The van der Waals surface area contributed by atoms with E-state index in [1.54, 1.807) is 36.7 Å². The molecule has 21 heavy (non-hydrogen) atoms. The molecule has 0 spiro atoms. The van der Waals surface area contributed by atoms with E-state index in [2.05, 4.69) is 10.3 Å². The molecule has 0 radical (unpaired) electrons. The van der Waals surface area contributed by atoms with Crippen LogP contribution in [0.2, 0.25) is 0 Å². The number of hydrogen-bond acceptors (Lipinski definition) is 4. The third kappa shape index (κ3) is 3.82. The van der Waals surface area contributed by atoms with Crippen LogP contribution in [0.25, 0.3) is 0 Å². The fourth-order valence-corrected chi connectivity index (χ4v) is 1.81. The van der Waals surface area contributed by atoms with Crippen LogP contribution in [0.15, 0.2) is 36.7 Å². The second-order valence-electron chi connectivity index (χ2n) is 4.31. The molecule has 2 aromatic rings. The zero-order chi connectivity index (χ0) is 15.2. The van der Waals surface area contributed by atoms with Gasteiger partial charge in [0.25, 0.3) is 5.91 Å². The summed E-state index contributed by atoms with van der Waals surface area (Å²) in [4.78, 5) is 26.8. The standard InChI is InChI=1S/C14H15N3O4/c1-21-12-5-4-10(7-15-12)8-16-14(20)11-3-2-6-17(11)9-13(18)19/h2-7H,8-9H2,1H3,(H,16,20)(H,18,19). The van der Waals surface area contributed by atoms with E-state index in [1.165, 1.54) is 11.7 Å². The number of aromatic nitrogens is 2. The van der Waals surface area contributed by atoms with Gasteiger partial charge in [-0.05, 0) is 17.7 Å². The van der Waals surface area contributed by atoms with Crippen molar-refractivity contribution in [2.45, 2.75) is 13.1 Å². The highest BCUT2D eigenvalue weighted by Crippen LogP contribution is 2.07. The molecule has 7 heteroatoms. The summed E-state index contributed by atoms with van der Waals surface area (Å²) in [5, 5.41) is 11.5. The van der Waals surface area contributed by atoms with Gasteiger partial charge in [0, 0.05) is 25.0 Å². The summed E-state index contributed by atoms with van der Waals surface area (Å²) in [5.74, 6) is -0.836. The summed E-state index contributed by atoms with van der Waals surface area (Å²) in [6, 6.07) is 6.70. The topological polar surface area (TPSA) is 93.5 Å². The number of rotatable bonds is 6. The quantitative estimate of drug-likeness (QED) is 0.824. The number of pyridine rings is 1. The first-order valence-corrected chi connectivity index (χ1v) is 6.24. The van der Waals surface area contributed by atoms with Crippen molar-refractivity contribution in [3.8, 4) is 5.88 Å². The normalized spacial score (nSPS) is 10.1. The molecule has 0 aliphatic heterocycles. The first-order valence-electron chi connectivity index (χ1n) is 6.24. The van der Waals surface area contributed by atoms with Crippen molar-refractivity contribution in [2.75, 3.05) is 7.11 Å². The van der Waals surface area contributed by atoms with Crippen LogP contribution in [0.4, 0.5) is 0 Å². The fraction of sp³-hybridized carbons (Fsp3) is 0.214. The molecule has 7 nitrogen and oxygen atoms in total. The van der Waals surface area contributed by atoms with Crippen molar-refractivity contribution in [2.24, 2.45) is 0 Å². The summed E-state index contributed by atoms with van der Waals surface area (Å²) < 4.78 is 6.33. The zero-order valence-corrected chi connectivity index (χ0v) is 11.4. The van der Waals surface area contributed by atoms with E-state index in [0.717, 1.165) is 5.56 Å². The number of ether oxygens (including phenoxy) is 1. The molecule has 0 atom stereocenters. The number of carboxylic acids is 1. The van der Waals surface area contributed by atoms with Crippen LogP contribution >= 0.6 is 0 Å². The number of nitrogens with one attached hydrogen (secondary N) is 1. The van der Waals surface area contributed by atoms with Crippen LogP contribution in [-0.4, -0.2) is 33.6 Å². The largest absolute Gasteiger partial charge is 0.481 e. The summed E-state index contributed by atoms with van der Waals surface area (Å²) >= 11 is 0. The lowest BCUT2D eigenvalue weighted by Crippen LogP contribution is -2.26. The number of nitrogens with zero attached hydrogens (tertiary/aromatic N) is 2. The molecule has 110 valence electrons. The van der Waals surface area contributed by atoms with Gasteiger partial charge in [0.2, 0.25) is 5.88 Å². The molecule has 0 bridgehead atoms. The monoisotopic (exact) mass is 289 g/mol. The summed E-state index contributed by atoms with van der Waals surface area (Å²) in [6.45, 7) is 0.0495. The Hall–Kier alpha value is -2.83. The average molecular weight is 289 g/mol. The summed E-state index contributed by atoms with van der Waals surface area (Å²) in [7, 11) is 1.53. The SMILES string of the molecule is COc1ccc(CNC(=O)c2cccn2CC(=O)O)cn1. The molecule has 0 aliphatic carbocycles. The van der Waals surface area contributed by atoms with Crippen LogP contribution in [0.5, 0.6) is 5.88 Å². The maximum absolute atomic E-state index is 12.0. The van der Waals surface area contributed by atoms with Gasteiger partial charge < -0.3 is 19.7 Å². The minimum Gasteiger partial charge on any atom is -0.481 e. The van der Waals surface area contributed by atoms with Crippen LogP contribution < -0.4 is 10.1 Å². The maximum atomic E-state index is 12.0. The lowest BCUT2D eigenvalue weighted by molar-refractivity contribution is -0.137. The number of carbonyl (C=O) groups is 2. The van der Waals surface area contributed by atoms with E-state index in [9.17, 15) is 9.59 Å². The molecule has 2 aromatic heterocycles. The van der Waals surface area contributed by atoms with Crippen molar-refractivity contribution in [1.29, 1.82) is 0 Å². The van der Waals surface area contributed by atoms with E-state index >= 15 is 0 Å². The Labute approximate surface area is 121 Å². The van der Waals surface area contributed by atoms with Crippen molar-refractivity contribution in [3.05, 3.63) is 47.9 Å². The summed E-state index contributed by atoms with van der Waals surface area (Å²) in [6.07, 6.45) is 3.16. The second-order valence-corrected chi connectivity index (χ2v) is 4.31. The van der Waals surface area contributed by atoms with E-state index in [4.69, 9.17) is 9.84 Å². The zero-order valence-electron chi connectivity index (χ0n) is 11.4. The first-order chi connectivity index (χ1) is 10.1. The molecule has 0 fully saturated rings. The molecule has 1 amide bonds. The van der Waals surface area contributed by atoms with Gasteiger partial charge in [-0.15, -0.1) is 0 Å². The molecule has 0 saturated carbocycles. The van der Waals surface area contributed by atoms with Crippen molar-refractivity contribution in [3.63, 3.8) is 0 Å². The Bertz CT molecular complexity index is 634. The maximum Gasteiger partial charge on any atom is 0.323 e. The van der Waals surface area contributed by atoms with E-state index in [0.29, 0.717) is 18.1 Å². The smallest absolute Gasteiger partial charge is 0.323 e. The Morgan fingerprint density at radius 1 is 1.38 bits per heavy atom. The van der Waals surface area contributed by atoms with Gasteiger partial charge in [-0.2, -0.15) is 0 Å². The van der Waals surface area contributed by atoms with Crippen LogP contribution in [0.3, 0.4) is 0 Å². The van der Waals surface area contributed by atoms with Crippen LogP contribution in [0.1, 0.15) is 16.1 Å².